The van der Waals surface area contributed by atoms with Crippen LogP contribution in [-0.2, 0) is 0 Å². The van der Waals surface area contributed by atoms with E-state index in [0.717, 1.165) is 25.1 Å². The Hall–Kier alpha value is -1.02. The van der Waals surface area contributed by atoms with Crippen molar-refractivity contribution in [1.82, 2.24) is 5.32 Å². The number of hydrogen-bond acceptors (Lipinski definition) is 2. The number of para-hydroxylation sites is 1. The summed E-state index contributed by atoms with van der Waals surface area (Å²) >= 11 is 0. The molecule has 0 spiro atoms. The molecule has 0 heterocycles. The highest BCUT2D eigenvalue weighted by Gasteiger charge is 2.16. The van der Waals surface area contributed by atoms with Crippen molar-refractivity contribution in [3.63, 3.8) is 0 Å². The molecule has 2 nitrogen and oxygen atoms in total. The number of hydrogen-bond donors (Lipinski definition) is 1. The lowest BCUT2D eigenvalue weighted by atomic mass is 10.0. The van der Waals surface area contributed by atoms with Gasteiger partial charge in [0, 0.05) is 12.1 Å². The van der Waals surface area contributed by atoms with Gasteiger partial charge in [0.05, 0.1) is 0 Å². The summed E-state index contributed by atoms with van der Waals surface area (Å²) in [7, 11) is 0. The summed E-state index contributed by atoms with van der Waals surface area (Å²) in [6.45, 7) is 14.1. The fourth-order valence-corrected chi connectivity index (χ4v) is 2.19. The average Bonchev–Trinajstić information content (AvgIpc) is 2.35. The Morgan fingerprint density at radius 3 is 2.35 bits per heavy atom. The minimum absolute atomic E-state index is 0.132. The van der Waals surface area contributed by atoms with Crippen molar-refractivity contribution in [2.24, 2.45) is 0 Å². The van der Waals surface area contributed by atoms with Crippen LogP contribution in [0.25, 0.3) is 0 Å². The van der Waals surface area contributed by atoms with Gasteiger partial charge in [0.15, 0.2) is 0 Å². The molecule has 1 aromatic rings. The fourth-order valence-electron chi connectivity index (χ4n) is 2.19. The van der Waals surface area contributed by atoms with Crippen LogP contribution in [-0.4, -0.2) is 18.2 Å². The molecule has 0 saturated carbocycles. The first kappa shape index (κ1) is 17.0. The summed E-state index contributed by atoms with van der Waals surface area (Å²) < 4.78 is 6.28. The predicted octanol–water partition coefficient (Wildman–Crippen LogP) is 4.75. The van der Waals surface area contributed by atoms with Crippen LogP contribution in [0.15, 0.2) is 24.3 Å². The SMILES string of the molecule is CCCC(CNC(C)(C)C)Oc1ccccc1C(C)C. The second kappa shape index (κ2) is 7.68. The van der Waals surface area contributed by atoms with E-state index in [-0.39, 0.29) is 11.6 Å². The summed E-state index contributed by atoms with van der Waals surface area (Å²) in [4.78, 5) is 0. The molecule has 20 heavy (non-hydrogen) atoms. The Morgan fingerprint density at radius 2 is 1.80 bits per heavy atom. The molecular weight excluding hydrogens is 246 g/mol. The molecule has 114 valence electrons. The molecule has 0 aromatic heterocycles. The van der Waals surface area contributed by atoms with Crippen molar-refractivity contribution in [3.05, 3.63) is 29.8 Å². The van der Waals surface area contributed by atoms with Gasteiger partial charge in [0.25, 0.3) is 0 Å². The standard InChI is InChI=1S/C18H31NO/c1-7-10-15(13-19-18(4,5)6)20-17-12-9-8-11-16(17)14(2)3/h8-9,11-12,14-15,19H,7,10,13H2,1-6H3. The van der Waals surface area contributed by atoms with Crippen molar-refractivity contribution in [2.75, 3.05) is 6.54 Å². The van der Waals surface area contributed by atoms with Crippen molar-refractivity contribution >= 4 is 0 Å². The van der Waals surface area contributed by atoms with E-state index in [1.807, 2.05) is 0 Å². The van der Waals surface area contributed by atoms with E-state index < -0.39 is 0 Å². The van der Waals surface area contributed by atoms with Crippen LogP contribution in [0, 0.1) is 0 Å². The maximum absolute atomic E-state index is 6.28. The monoisotopic (exact) mass is 277 g/mol. The summed E-state index contributed by atoms with van der Waals surface area (Å²) in [6, 6.07) is 8.40. The van der Waals surface area contributed by atoms with Crippen LogP contribution in [0.3, 0.4) is 0 Å². The Bertz CT molecular complexity index is 393. The molecule has 1 N–H and O–H groups in total. The molecule has 1 atom stereocenters. The highest BCUT2D eigenvalue weighted by Crippen LogP contribution is 2.27. The first-order valence-corrected chi connectivity index (χ1v) is 7.84. The van der Waals surface area contributed by atoms with Gasteiger partial charge < -0.3 is 10.1 Å². The topological polar surface area (TPSA) is 21.3 Å². The first-order valence-electron chi connectivity index (χ1n) is 7.84. The van der Waals surface area contributed by atoms with Crippen LogP contribution >= 0.6 is 0 Å². The quantitative estimate of drug-likeness (QED) is 0.777. The maximum atomic E-state index is 6.28. The van der Waals surface area contributed by atoms with Crippen LogP contribution in [0.4, 0.5) is 0 Å². The molecule has 0 aliphatic carbocycles. The van der Waals surface area contributed by atoms with Crippen molar-refractivity contribution in [3.8, 4) is 5.75 Å². The lowest BCUT2D eigenvalue weighted by molar-refractivity contribution is 0.173. The van der Waals surface area contributed by atoms with Crippen LogP contribution in [0.5, 0.6) is 5.75 Å². The third-order valence-corrected chi connectivity index (χ3v) is 3.31. The van der Waals surface area contributed by atoms with E-state index in [4.69, 9.17) is 4.74 Å². The molecule has 0 radical (unpaired) electrons. The molecule has 0 amide bonds. The van der Waals surface area contributed by atoms with E-state index in [1.165, 1.54) is 5.56 Å². The smallest absolute Gasteiger partial charge is 0.123 e. The molecule has 0 fully saturated rings. The van der Waals surface area contributed by atoms with Gasteiger partial charge in [0.1, 0.15) is 11.9 Å². The van der Waals surface area contributed by atoms with Gasteiger partial charge >= 0.3 is 0 Å². The number of ether oxygens (including phenoxy) is 1. The fraction of sp³-hybridized carbons (Fsp3) is 0.667. The lowest BCUT2D eigenvalue weighted by Crippen LogP contribution is -2.42. The molecule has 1 rings (SSSR count). The largest absolute Gasteiger partial charge is 0.489 e. The first-order chi connectivity index (χ1) is 9.33. The zero-order valence-electron chi connectivity index (χ0n) is 14.0. The minimum Gasteiger partial charge on any atom is -0.489 e. The maximum Gasteiger partial charge on any atom is 0.123 e. The Kier molecular flexibility index (Phi) is 6.54. The summed E-state index contributed by atoms with van der Waals surface area (Å²) in [5.41, 5.74) is 1.43. The van der Waals surface area contributed by atoms with Gasteiger partial charge in [-0.1, -0.05) is 45.4 Å². The van der Waals surface area contributed by atoms with Gasteiger partial charge in [-0.15, -0.1) is 0 Å². The Morgan fingerprint density at radius 1 is 1.15 bits per heavy atom. The van der Waals surface area contributed by atoms with E-state index in [9.17, 15) is 0 Å². The molecule has 0 saturated heterocycles. The van der Waals surface area contributed by atoms with Gasteiger partial charge in [-0.3, -0.25) is 0 Å². The van der Waals surface area contributed by atoms with E-state index in [2.05, 4.69) is 71.1 Å². The molecule has 0 aliphatic rings. The van der Waals surface area contributed by atoms with Crippen LogP contribution in [0.1, 0.15) is 65.9 Å². The third kappa shape index (κ3) is 5.96. The van der Waals surface area contributed by atoms with Crippen molar-refractivity contribution in [2.45, 2.75) is 71.9 Å². The summed E-state index contributed by atoms with van der Waals surface area (Å²) in [5, 5.41) is 3.55. The molecule has 2 heteroatoms. The Balaban J connectivity index is 2.75. The number of nitrogens with one attached hydrogen (secondary N) is 1. The summed E-state index contributed by atoms with van der Waals surface area (Å²) in [5.74, 6) is 1.53. The normalized spacial score (nSPS) is 13.6. The highest BCUT2D eigenvalue weighted by molar-refractivity contribution is 5.35. The second-order valence-corrected chi connectivity index (χ2v) is 6.85. The minimum atomic E-state index is 0.132. The highest BCUT2D eigenvalue weighted by atomic mass is 16.5. The van der Waals surface area contributed by atoms with Gasteiger partial charge in [-0.05, 0) is 44.7 Å². The van der Waals surface area contributed by atoms with Gasteiger partial charge in [-0.25, -0.2) is 0 Å². The van der Waals surface area contributed by atoms with Crippen LogP contribution < -0.4 is 10.1 Å². The van der Waals surface area contributed by atoms with E-state index in [0.29, 0.717) is 5.92 Å². The molecule has 1 aromatic carbocycles. The lowest BCUT2D eigenvalue weighted by Gasteiger charge is -2.27. The zero-order valence-corrected chi connectivity index (χ0v) is 14.0. The summed E-state index contributed by atoms with van der Waals surface area (Å²) in [6.07, 6.45) is 2.45. The average molecular weight is 277 g/mol. The van der Waals surface area contributed by atoms with Crippen molar-refractivity contribution < 1.29 is 4.74 Å². The molecule has 0 bridgehead atoms. The number of benzene rings is 1. The van der Waals surface area contributed by atoms with E-state index >= 15 is 0 Å². The zero-order chi connectivity index (χ0) is 15.2. The molecule has 1 unspecified atom stereocenters. The van der Waals surface area contributed by atoms with Gasteiger partial charge in [0.2, 0.25) is 0 Å². The van der Waals surface area contributed by atoms with E-state index in [1.54, 1.807) is 0 Å². The molecular formula is C18H31NO. The predicted molar refractivity (Wildman–Crippen MR) is 87.6 cm³/mol. The molecule has 0 aliphatic heterocycles. The van der Waals surface area contributed by atoms with Crippen molar-refractivity contribution in [1.29, 1.82) is 0 Å². The second-order valence-electron chi connectivity index (χ2n) is 6.85. The number of rotatable bonds is 7. The Labute approximate surface area is 124 Å². The third-order valence-electron chi connectivity index (χ3n) is 3.31. The van der Waals surface area contributed by atoms with Crippen LogP contribution in [0.2, 0.25) is 0 Å². The van der Waals surface area contributed by atoms with Gasteiger partial charge in [-0.2, -0.15) is 0 Å².